The van der Waals surface area contributed by atoms with Crippen LogP contribution < -0.4 is 14.4 Å². The lowest BCUT2D eigenvalue weighted by atomic mass is 10.1. The Hall–Kier alpha value is -2.53. The van der Waals surface area contributed by atoms with Crippen LogP contribution >= 0.6 is 11.6 Å². The van der Waals surface area contributed by atoms with Crippen molar-refractivity contribution in [3.63, 3.8) is 0 Å². The first kappa shape index (κ1) is 26.5. The molecule has 0 radical (unpaired) electrons. The number of rotatable bonds is 9. The molecule has 0 unspecified atom stereocenters. The van der Waals surface area contributed by atoms with E-state index in [1.807, 2.05) is 55.2 Å². The lowest BCUT2D eigenvalue weighted by Gasteiger charge is -2.23. The maximum absolute atomic E-state index is 12.0. The summed E-state index contributed by atoms with van der Waals surface area (Å²) in [5.41, 5.74) is 3.35. The molecule has 0 N–H and O–H groups in total. The standard InChI is InChI=1S/C25H34ClN5O4S/c1-28(2)8-6-14-35-23-17-24(34-3)21(26)16-20(23)22-18-30-11-7-19(15-25(30)27-22)29-9-5-10-31(13-12-29)36(4,32)33/h7,11,15-18H,5-6,8-10,12-14H2,1-4H3. The quantitative estimate of drug-likeness (QED) is 0.388. The smallest absolute Gasteiger partial charge is 0.211 e. The summed E-state index contributed by atoms with van der Waals surface area (Å²) < 4.78 is 39.0. The molecule has 36 heavy (non-hydrogen) atoms. The van der Waals surface area contributed by atoms with Crippen molar-refractivity contribution in [3.05, 3.63) is 41.7 Å². The average molecular weight is 536 g/mol. The van der Waals surface area contributed by atoms with Gasteiger partial charge in [-0.1, -0.05) is 11.6 Å². The Labute approximate surface area is 218 Å². The molecule has 1 saturated heterocycles. The maximum Gasteiger partial charge on any atom is 0.211 e. The van der Waals surface area contributed by atoms with Gasteiger partial charge in [-0.25, -0.2) is 17.7 Å². The lowest BCUT2D eigenvalue weighted by Crippen LogP contribution is -2.34. The molecular formula is C25H34ClN5O4S. The third-order valence-corrected chi connectivity index (χ3v) is 7.87. The number of pyridine rings is 1. The number of hydrogen-bond donors (Lipinski definition) is 0. The van der Waals surface area contributed by atoms with Crippen molar-refractivity contribution in [1.82, 2.24) is 18.6 Å². The fourth-order valence-electron chi connectivity index (χ4n) is 4.35. The molecule has 0 spiro atoms. The Morgan fingerprint density at radius 3 is 2.64 bits per heavy atom. The highest BCUT2D eigenvalue weighted by atomic mass is 35.5. The number of benzene rings is 1. The monoisotopic (exact) mass is 535 g/mol. The van der Waals surface area contributed by atoms with Gasteiger partial charge in [0.05, 0.1) is 30.7 Å². The van der Waals surface area contributed by atoms with Gasteiger partial charge in [-0.15, -0.1) is 0 Å². The predicted molar refractivity (Wildman–Crippen MR) is 144 cm³/mol. The molecule has 11 heteroatoms. The van der Waals surface area contributed by atoms with Gasteiger partial charge in [0.15, 0.2) is 0 Å². The molecule has 4 rings (SSSR count). The number of halogens is 1. The number of methoxy groups -OCH3 is 1. The van der Waals surface area contributed by atoms with E-state index in [9.17, 15) is 8.42 Å². The van der Waals surface area contributed by atoms with E-state index in [0.29, 0.717) is 42.8 Å². The van der Waals surface area contributed by atoms with Crippen LogP contribution in [-0.4, -0.2) is 93.8 Å². The van der Waals surface area contributed by atoms with Gasteiger partial charge in [-0.05, 0) is 39.1 Å². The minimum Gasteiger partial charge on any atom is -0.495 e. The largest absolute Gasteiger partial charge is 0.495 e. The molecule has 3 heterocycles. The summed E-state index contributed by atoms with van der Waals surface area (Å²) in [7, 11) is 2.47. The first-order valence-electron chi connectivity index (χ1n) is 12.0. The highest BCUT2D eigenvalue weighted by Crippen LogP contribution is 2.38. The molecule has 3 aromatic rings. The zero-order chi connectivity index (χ0) is 25.9. The van der Waals surface area contributed by atoms with Gasteiger partial charge < -0.3 is 23.7 Å². The molecule has 0 aliphatic carbocycles. The second-order valence-electron chi connectivity index (χ2n) is 9.27. The minimum atomic E-state index is -3.19. The van der Waals surface area contributed by atoms with Crippen LogP contribution in [0.1, 0.15) is 12.8 Å². The summed E-state index contributed by atoms with van der Waals surface area (Å²) in [5, 5.41) is 0.492. The van der Waals surface area contributed by atoms with E-state index in [1.165, 1.54) is 6.26 Å². The van der Waals surface area contributed by atoms with E-state index >= 15 is 0 Å². The highest BCUT2D eigenvalue weighted by Gasteiger charge is 2.22. The number of aromatic nitrogens is 2. The molecular weight excluding hydrogens is 502 g/mol. The summed E-state index contributed by atoms with van der Waals surface area (Å²) >= 11 is 6.46. The molecule has 1 fully saturated rings. The van der Waals surface area contributed by atoms with Crippen molar-refractivity contribution in [2.45, 2.75) is 12.8 Å². The summed E-state index contributed by atoms with van der Waals surface area (Å²) in [6.07, 6.45) is 6.86. The first-order chi connectivity index (χ1) is 17.2. The molecule has 0 atom stereocenters. The van der Waals surface area contributed by atoms with Crippen molar-refractivity contribution in [3.8, 4) is 22.8 Å². The second-order valence-corrected chi connectivity index (χ2v) is 11.7. The molecule has 9 nitrogen and oxygen atoms in total. The van der Waals surface area contributed by atoms with Crippen LogP contribution in [0, 0.1) is 0 Å². The molecule has 1 aromatic carbocycles. The Kier molecular flexibility index (Phi) is 8.29. The Balaban J connectivity index is 1.60. The molecule has 0 saturated carbocycles. The van der Waals surface area contributed by atoms with Crippen LogP contribution in [0.15, 0.2) is 36.7 Å². The topological polar surface area (TPSA) is 79.6 Å². The number of fused-ring (bicyclic) bond motifs is 1. The normalized spacial score (nSPS) is 15.4. The van der Waals surface area contributed by atoms with E-state index < -0.39 is 10.0 Å². The van der Waals surface area contributed by atoms with Gasteiger partial charge in [0, 0.05) is 68.5 Å². The van der Waals surface area contributed by atoms with Gasteiger partial charge in [0.1, 0.15) is 17.1 Å². The van der Waals surface area contributed by atoms with Crippen LogP contribution in [0.25, 0.3) is 16.9 Å². The van der Waals surface area contributed by atoms with Crippen LogP contribution in [0.4, 0.5) is 5.69 Å². The summed E-state index contributed by atoms with van der Waals surface area (Å²) in [4.78, 5) is 9.20. The number of imidazole rings is 1. The average Bonchev–Trinajstić information content (AvgIpc) is 3.08. The summed E-state index contributed by atoms with van der Waals surface area (Å²) in [6.45, 7) is 3.93. The lowest BCUT2D eigenvalue weighted by molar-refractivity contribution is 0.281. The molecule has 196 valence electrons. The SMILES string of the molecule is COc1cc(OCCCN(C)C)c(-c2cn3ccc(N4CCCN(S(C)(=O)=O)CC4)cc3n2)cc1Cl. The van der Waals surface area contributed by atoms with Crippen LogP contribution in [-0.2, 0) is 10.0 Å². The van der Waals surface area contributed by atoms with Crippen LogP contribution in [0.5, 0.6) is 11.5 Å². The maximum atomic E-state index is 12.0. The van der Waals surface area contributed by atoms with Crippen molar-refractivity contribution in [2.24, 2.45) is 0 Å². The van der Waals surface area contributed by atoms with E-state index in [4.69, 9.17) is 26.1 Å². The van der Waals surface area contributed by atoms with E-state index in [0.717, 1.165) is 48.5 Å². The Morgan fingerprint density at radius 1 is 1.11 bits per heavy atom. The van der Waals surface area contributed by atoms with Crippen molar-refractivity contribution >= 4 is 33.0 Å². The number of ether oxygens (including phenoxy) is 2. The third-order valence-electron chi connectivity index (χ3n) is 6.27. The molecule has 0 amide bonds. The fourth-order valence-corrected chi connectivity index (χ4v) is 5.47. The minimum absolute atomic E-state index is 0.475. The van der Waals surface area contributed by atoms with Crippen LogP contribution in [0.3, 0.4) is 0 Å². The van der Waals surface area contributed by atoms with Gasteiger partial charge in [-0.2, -0.15) is 0 Å². The third kappa shape index (κ3) is 6.23. The van der Waals surface area contributed by atoms with Gasteiger partial charge in [0.2, 0.25) is 10.0 Å². The number of sulfonamides is 1. The number of hydrogen-bond acceptors (Lipinski definition) is 7. The van der Waals surface area contributed by atoms with Gasteiger partial charge in [-0.3, -0.25) is 0 Å². The first-order valence-corrected chi connectivity index (χ1v) is 14.2. The van der Waals surface area contributed by atoms with E-state index in [1.54, 1.807) is 11.4 Å². The van der Waals surface area contributed by atoms with Crippen molar-refractivity contribution < 1.29 is 17.9 Å². The van der Waals surface area contributed by atoms with Gasteiger partial charge >= 0.3 is 0 Å². The highest BCUT2D eigenvalue weighted by molar-refractivity contribution is 7.88. The summed E-state index contributed by atoms with van der Waals surface area (Å²) in [5.74, 6) is 1.23. The van der Waals surface area contributed by atoms with Crippen molar-refractivity contribution in [1.29, 1.82) is 0 Å². The van der Waals surface area contributed by atoms with Crippen LogP contribution in [0.2, 0.25) is 5.02 Å². The molecule has 1 aliphatic heterocycles. The molecule has 2 aromatic heterocycles. The summed E-state index contributed by atoms with van der Waals surface area (Å²) in [6, 6.07) is 7.71. The molecule has 1 aliphatic rings. The van der Waals surface area contributed by atoms with Gasteiger partial charge in [0.25, 0.3) is 0 Å². The second kappa shape index (κ2) is 11.2. The molecule has 0 bridgehead atoms. The number of nitrogens with zero attached hydrogens (tertiary/aromatic N) is 5. The zero-order valence-electron chi connectivity index (χ0n) is 21.3. The Bertz CT molecular complexity index is 1310. The fraction of sp³-hybridized carbons (Fsp3) is 0.480. The predicted octanol–water partition coefficient (Wildman–Crippen LogP) is 3.47. The Morgan fingerprint density at radius 2 is 1.92 bits per heavy atom. The van der Waals surface area contributed by atoms with Crippen molar-refractivity contribution in [2.75, 3.05) is 71.7 Å². The zero-order valence-corrected chi connectivity index (χ0v) is 22.8. The van der Waals surface area contributed by atoms with E-state index in [-0.39, 0.29) is 0 Å². The van der Waals surface area contributed by atoms with E-state index in [2.05, 4.69) is 9.80 Å². The number of anilines is 1.